The molecule has 1 N–H and O–H groups in total. The normalized spacial score (nSPS) is 24.5. The third kappa shape index (κ3) is 1.64. The highest BCUT2D eigenvalue weighted by Gasteiger charge is 2.26. The Labute approximate surface area is 97.7 Å². The zero-order chi connectivity index (χ0) is 11.8. The summed E-state index contributed by atoms with van der Waals surface area (Å²) in [6.07, 6.45) is 6.29. The molecule has 0 aromatic carbocycles. The first kappa shape index (κ1) is 10.5. The smallest absolute Gasteiger partial charge is 0.278 e. The fourth-order valence-corrected chi connectivity index (χ4v) is 2.27. The molecule has 90 valence electrons. The number of fused-ring (bicyclic) bond motifs is 1. The summed E-state index contributed by atoms with van der Waals surface area (Å²) < 4.78 is 7.72. The van der Waals surface area contributed by atoms with E-state index in [4.69, 9.17) is 4.74 Å². The van der Waals surface area contributed by atoms with Gasteiger partial charge in [-0.25, -0.2) is 9.97 Å². The van der Waals surface area contributed by atoms with Crippen LogP contribution in [0, 0.1) is 0 Å². The third-order valence-electron chi connectivity index (χ3n) is 3.22. The van der Waals surface area contributed by atoms with Crippen LogP contribution < -0.4 is 5.56 Å². The third-order valence-corrected chi connectivity index (χ3v) is 3.22. The summed E-state index contributed by atoms with van der Waals surface area (Å²) in [5.41, 5.74) is 0.755. The van der Waals surface area contributed by atoms with Crippen LogP contribution in [0.5, 0.6) is 0 Å². The summed E-state index contributed by atoms with van der Waals surface area (Å²) >= 11 is 0. The largest absolute Gasteiger partial charge is 0.355 e. The van der Waals surface area contributed by atoms with Crippen molar-refractivity contribution >= 4 is 11.2 Å². The number of ether oxygens (including phenoxy) is 1. The van der Waals surface area contributed by atoms with Crippen LogP contribution >= 0.6 is 0 Å². The maximum Gasteiger partial charge on any atom is 0.278 e. The highest BCUT2D eigenvalue weighted by Crippen LogP contribution is 2.30. The summed E-state index contributed by atoms with van der Waals surface area (Å²) in [4.78, 5) is 22.3. The summed E-state index contributed by atoms with van der Waals surface area (Å²) in [7, 11) is 0. The average Bonchev–Trinajstić information content (AvgIpc) is 2.94. The van der Waals surface area contributed by atoms with Gasteiger partial charge in [0.15, 0.2) is 11.2 Å². The molecule has 1 aliphatic rings. The fraction of sp³-hybridized carbons (Fsp3) is 0.545. The number of rotatable bonds is 2. The molecule has 3 rings (SSSR count). The topological polar surface area (TPSA) is 72.8 Å². The van der Waals surface area contributed by atoms with Gasteiger partial charge in [-0.15, -0.1) is 0 Å². The van der Waals surface area contributed by atoms with Crippen molar-refractivity contribution in [2.75, 3.05) is 0 Å². The van der Waals surface area contributed by atoms with E-state index in [0.29, 0.717) is 17.3 Å². The molecule has 1 fully saturated rings. The molecule has 0 radical (unpaired) electrons. The molecule has 0 amide bonds. The van der Waals surface area contributed by atoms with Crippen molar-refractivity contribution in [3.63, 3.8) is 0 Å². The lowest BCUT2D eigenvalue weighted by atomic mass is 10.2. The fourth-order valence-electron chi connectivity index (χ4n) is 2.27. The Morgan fingerprint density at radius 3 is 3.18 bits per heavy atom. The summed E-state index contributed by atoms with van der Waals surface area (Å²) in [5, 5.41) is 0. The molecule has 2 unspecified atom stereocenters. The van der Waals surface area contributed by atoms with Crippen molar-refractivity contribution in [1.82, 2.24) is 19.5 Å². The minimum absolute atomic E-state index is 0.0424. The van der Waals surface area contributed by atoms with Gasteiger partial charge in [0.1, 0.15) is 6.23 Å². The van der Waals surface area contributed by atoms with Crippen LogP contribution in [0.3, 0.4) is 0 Å². The van der Waals surface area contributed by atoms with Crippen LogP contribution in [0.15, 0.2) is 17.4 Å². The Balaban J connectivity index is 2.02. The van der Waals surface area contributed by atoms with Crippen LogP contribution in [-0.4, -0.2) is 25.6 Å². The molecule has 1 saturated heterocycles. The molecule has 3 heterocycles. The maximum atomic E-state index is 11.5. The predicted octanol–water partition coefficient (Wildman–Crippen LogP) is 1.21. The standard InChI is InChI=1S/C11H14N4O2/c1-2-7-3-4-8(17-7)15-6-14-9-10(15)12-5-13-11(9)16/h5-8H,2-4H2,1H3,(H,12,13,16). The number of nitrogens with zero attached hydrogens (tertiary/aromatic N) is 3. The number of aromatic nitrogens is 4. The van der Waals surface area contributed by atoms with E-state index in [2.05, 4.69) is 21.9 Å². The minimum atomic E-state index is -0.209. The Morgan fingerprint density at radius 1 is 1.53 bits per heavy atom. The zero-order valence-electron chi connectivity index (χ0n) is 9.59. The predicted molar refractivity (Wildman–Crippen MR) is 61.6 cm³/mol. The van der Waals surface area contributed by atoms with Gasteiger partial charge in [0.05, 0.1) is 18.8 Å². The summed E-state index contributed by atoms with van der Waals surface area (Å²) in [6.45, 7) is 2.11. The SMILES string of the molecule is CCC1CCC(n2cnc3c(=O)[nH]cnc32)O1. The molecule has 6 heteroatoms. The van der Waals surface area contributed by atoms with Crippen LogP contribution in [0.4, 0.5) is 0 Å². The number of H-pyrrole nitrogens is 1. The van der Waals surface area contributed by atoms with Gasteiger partial charge in [-0.05, 0) is 19.3 Å². The molecule has 1 aliphatic heterocycles. The highest BCUT2D eigenvalue weighted by atomic mass is 16.5. The van der Waals surface area contributed by atoms with E-state index >= 15 is 0 Å². The van der Waals surface area contributed by atoms with Crippen LogP contribution in [0.25, 0.3) is 11.2 Å². The molecule has 2 atom stereocenters. The molecule has 0 spiro atoms. The van der Waals surface area contributed by atoms with Gasteiger partial charge in [-0.2, -0.15) is 0 Å². The number of hydrogen-bond acceptors (Lipinski definition) is 4. The first-order valence-corrected chi connectivity index (χ1v) is 5.85. The van der Waals surface area contributed by atoms with Crippen LogP contribution in [0.2, 0.25) is 0 Å². The van der Waals surface area contributed by atoms with Gasteiger partial charge in [0, 0.05) is 0 Å². The van der Waals surface area contributed by atoms with Gasteiger partial charge < -0.3 is 9.72 Å². The molecule has 6 nitrogen and oxygen atoms in total. The lowest BCUT2D eigenvalue weighted by Gasteiger charge is -2.13. The maximum absolute atomic E-state index is 11.5. The van der Waals surface area contributed by atoms with Crippen molar-refractivity contribution in [2.45, 2.75) is 38.5 Å². The van der Waals surface area contributed by atoms with E-state index in [0.717, 1.165) is 19.3 Å². The monoisotopic (exact) mass is 234 g/mol. The first-order valence-electron chi connectivity index (χ1n) is 5.85. The second-order valence-corrected chi connectivity index (χ2v) is 4.25. The van der Waals surface area contributed by atoms with E-state index in [1.807, 2.05) is 4.57 Å². The summed E-state index contributed by atoms with van der Waals surface area (Å²) in [6, 6.07) is 0. The Kier molecular flexibility index (Phi) is 2.44. The highest BCUT2D eigenvalue weighted by molar-refractivity contribution is 5.68. The van der Waals surface area contributed by atoms with Gasteiger partial charge in [0.25, 0.3) is 5.56 Å². The van der Waals surface area contributed by atoms with Crippen molar-refractivity contribution < 1.29 is 4.74 Å². The van der Waals surface area contributed by atoms with E-state index in [9.17, 15) is 4.79 Å². The van der Waals surface area contributed by atoms with Crippen molar-refractivity contribution in [3.05, 3.63) is 23.0 Å². The van der Waals surface area contributed by atoms with E-state index in [1.165, 1.54) is 6.33 Å². The van der Waals surface area contributed by atoms with Crippen LogP contribution in [0.1, 0.15) is 32.4 Å². The van der Waals surface area contributed by atoms with E-state index < -0.39 is 0 Å². The van der Waals surface area contributed by atoms with Crippen molar-refractivity contribution in [1.29, 1.82) is 0 Å². The van der Waals surface area contributed by atoms with E-state index in [-0.39, 0.29) is 11.8 Å². The Hall–Kier alpha value is -1.69. The number of imidazole rings is 1. The Morgan fingerprint density at radius 2 is 2.41 bits per heavy atom. The second-order valence-electron chi connectivity index (χ2n) is 4.25. The molecule has 2 aromatic heterocycles. The van der Waals surface area contributed by atoms with E-state index in [1.54, 1.807) is 6.33 Å². The van der Waals surface area contributed by atoms with Crippen molar-refractivity contribution in [3.8, 4) is 0 Å². The van der Waals surface area contributed by atoms with Gasteiger partial charge >= 0.3 is 0 Å². The quantitative estimate of drug-likeness (QED) is 0.847. The first-order chi connectivity index (χ1) is 8.29. The Bertz CT molecular complexity index is 588. The van der Waals surface area contributed by atoms with Crippen LogP contribution in [-0.2, 0) is 4.74 Å². The second kappa shape index (κ2) is 3.96. The minimum Gasteiger partial charge on any atom is -0.355 e. The van der Waals surface area contributed by atoms with Gasteiger partial charge in [-0.3, -0.25) is 9.36 Å². The lowest BCUT2D eigenvalue weighted by Crippen LogP contribution is -2.12. The summed E-state index contributed by atoms with van der Waals surface area (Å²) in [5.74, 6) is 0. The lowest BCUT2D eigenvalue weighted by molar-refractivity contribution is 0.00289. The molecule has 0 saturated carbocycles. The molecule has 0 aliphatic carbocycles. The van der Waals surface area contributed by atoms with Gasteiger partial charge in [0.2, 0.25) is 0 Å². The van der Waals surface area contributed by atoms with Crippen molar-refractivity contribution in [2.24, 2.45) is 0 Å². The average molecular weight is 234 g/mol. The molecule has 0 bridgehead atoms. The number of hydrogen-bond donors (Lipinski definition) is 1. The molecule has 2 aromatic rings. The molecular formula is C11H14N4O2. The molecular weight excluding hydrogens is 220 g/mol. The molecule has 17 heavy (non-hydrogen) atoms. The zero-order valence-corrected chi connectivity index (χ0v) is 9.59. The number of nitrogens with one attached hydrogen (secondary N) is 1. The number of aromatic amines is 1. The van der Waals surface area contributed by atoms with Gasteiger partial charge in [-0.1, -0.05) is 6.92 Å².